The van der Waals surface area contributed by atoms with Crippen molar-refractivity contribution in [3.05, 3.63) is 89.0 Å². The summed E-state index contributed by atoms with van der Waals surface area (Å²) in [5.74, 6) is -0.0688. The van der Waals surface area contributed by atoms with E-state index in [-0.39, 0.29) is 10.8 Å². The van der Waals surface area contributed by atoms with Crippen molar-refractivity contribution < 1.29 is 13.2 Å². The molecule has 1 amide bonds. The molecule has 1 aliphatic rings. The highest BCUT2D eigenvalue weighted by atomic mass is 32.2. The quantitative estimate of drug-likeness (QED) is 0.665. The van der Waals surface area contributed by atoms with Gasteiger partial charge in [-0.25, -0.2) is 8.42 Å². The zero-order valence-electron chi connectivity index (χ0n) is 17.1. The van der Waals surface area contributed by atoms with Gasteiger partial charge in [-0.3, -0.25) is 9.52 Å². The summed E-state index contributed by atoms with van der Waals surface area (Å²) in [4.78, 5) is 14.9. The Kier molecular flexibility index (Phi) is 5.35. The number of amides is 1. The minimum atomic E-state index is -3.73. The molecule has 0 aliphatic carbocycles. The molecule has 1 heterocycles. The maximum Gasteiger partial charge on any atom is 0.261 e. The third-order valence-corrected chi connectivity index (χ3v) is 6.75. The largest absolute Gasteiger partial charge is 0.308 e. The lowest BCUT2D eigenvalue weighted by Crippen LogP contribution is -2.35. The lowest BCUT2D eigenvalue weighted by molar-refractivity contribution is 0.0985. The molecule has 0 spiro atoms. The Morgan fingerprint density at radius 3 is 2.50 bits per heavy atom. The third-order valence-electron chi connectivity index (χ3n) is 5.38. The first-order valence-electron chi connectivity index (χ1n) is 9.95. The van der Waals surface area contributed by atoms with Crippen LogP contribution in [-0.4, -0.2) is 20.9 Å². The lowest BCUT2D eigenvalue weighted by Gasteiger charge is -2.30. The van der Waals surface area contributed by atoms with Gasteiger partial charge in [-0.1, -0.05) is 30.3 Å². The van der Waals surface area contributed by atoms with Gasteiger partial charge in [0.05, 0.1) is 10.6 Å². The number of aryl methyl sites for hydroxylation is 3. The minimum absolute atomic E-state index is 0.0688. The van der Waals surface area contributed by atoms with E-state index in [2.05, 4.69) is 4.72 Å². The number of fused-ring (bicyclic) bond motifs is 1. The van der Waals surface area contributed by atoms with Gasteiger partial charge < -0.3 is 4.90 Å². The topological polar surface area (TPSA) is 66.5 Å². The van der Waals surface area contributed by atoms with Crippen LogP contribution in [0.2, 0.25) is 0 Å². The molecule has 0 radical (unpaired) electrons. The Hall–Kier alpha value is -3.12. The number of nitrogens with zero attached hydrogens (tertiary/aromatic N) is 1. The molecule has 30 heavy (non-hydrogen) atoms. The molecule has 0 bridgehead atoms. The van der Waals surface area contributed by atoms with Crippen LogP contribution in [0.1, 0.15) is 33.5 Å². The van der Waals surface area contributed by atoms with E-state index in [0.29, 0.717) is 17.8 Å². The van der Waals surface area contributed by atoms with E-state index in [4.69, 9.17) is 0 Å². The standard InChI is InChI=1S/C24H24N2O3S/c1-17-10-11-18(2)22(15-17)25-30(28,29)21-12-13-23-20(16-21)9-6-14-26(23)24(27)19-7-4-3-5-8-19/h3-5,7-8,10-13,15-16,25H,6,9,14H2,1-2H3. The fourth-order valence-corrected chi connectivity index (χ4v) is 4.91. The highest BCUT2D eigenvalue weighted by molar-refractivity contribution is 7.92. The van der Waals surface area contributed by atoms with Crippen LogP contribution in [0, 0.1) is 13.8 Å². The van der Waals surface area contributed by atoms with Crippen LogP contribution in [0.5, 0.6) is 0 Å². The number of carbonyl (C=O) groups is 1. The normalized spacial score (nSPS) is 13.6. The monoisotopic (exact) mass is 420 g/mol. The van der Waals surface area contributed by atoms with Gasteiger partial charge in [0.25, 0.3) is 15.9 Å². The van der Waals surface area contributed by atoms with E-state index in [1.54, 1.807) is 35.2 Å². The molecule has 1 N–H and O–H groups in total. The smallest absolute Gasteiger partial charge is 0.261 e. The second-order valence-corrected chi connectivity index (χ2v) is 9.32. The third kappa shape index (κ3) is 3.96. The van der Waals surface area contributed by atoms with Gasteiger partial charge in [0, 0.05) is 17.8 Å². The summed E-state index contributed by atoms with van der Waals surface area (Å²) in [5, 5.41) is 0. The zero-order chi connectivity index (χ0) is 21.3. The van der Waals surface area contributed by atoms with E-state index in [1.807, 2.05) is 50.2 Å². The Balaban J connectivity index is 1.65. The molecule has 0 saturated heterocycles. The average molecular weight is 421 g/mol. The first kappa shape index (κ1) is 20.2. The number of nitrogens with one attached hydrogen (secondary N) is 1. The molecule has 154 valence electrons. The number of hydrogen-bond donors (Lipinski definition) is 1. The van der Waals surface area contributed by atoms with Gasteiger partial charge in [-0.2, -0.15) is 0 Å². The summed E-state index contributed by atoms with van der Waals surface area (Å²) in [6.07, 6.45) is 1.53. The number of anilines is 2. The summed E-state index contributed by atoms with van der Waals surface area (Å²) in [6, 6.07) is 19.8. The molecule has 1 aliphatic heterocycles. The molecule has 5 nitrogen and oxygen atoms in total. The number of carbonyl (C=O) groups excluding carboxylic acids is 1. The van der Waals surface area contributed by atoms with E-state index in [9.17, 15) is 13.2 Å². The van der Waals surface area contributed by atoms with Gasteiger partial charge in [-0.05, 0) is 79.8 Å². The summed E-state index contributed by atoms with van der Waals surface area (Å²) < 4.78 is 28.7. The maximum absolute atomic E-state index is 13.0. The fraction of sp³-hybridized carbons (Fsp3) is 0.208. The van der Waals surface area contributed by atoms with Crippen molar-refractivity contribution >= 4 is 27.3 Å². The molecule has 3 aromatic rings. The van der Waals surface area contributed by atoms with Crippen LogP contribution in [0.4, 0.5) is 11.4 Å². The number of rotatable bonds is 4. The number of hydrogen-bond acceptors (Lipinski definition) is 3. The van der Waals surface area contributed by atoms with Crippen molar-refractivity contribution in [2.75, 3.05) is 16.2 Å². The maximum atomic E-state index is 13.0. The highest BCUT2D eigenvalue weighted by Crippen LogP contribution is 2.31. The lowest BCUT2D eigenvalue weighted by atomic mass is 10.0. The van der Waals surface area contributed by atoms with Crippen LogP contribution in [-0.2, 0) is 16.4 Å². The molecule has 0 atom stereocenters. The molecule has 0 fully saturated rings. The second kappa shape index (κ2) is 7.95. The van der Waals surface area contributed by atoms with Crippen LogP contribution < -0.4 is 9.62 Å². The van der Waals surface area contributed by atoms with Crippen molar-refractivity contribution in [1.82, 2.24) is 0 Å². The number of sulfonamides is 1. The van der Waals surface area contributed by atoms with Gasteiger partial charge >= 0.3 is 0 Å². The van der Waals surface area contributed by atoms with Gasteiger partial charge in [0.15, 0.2) is 0 Å². The molecule has 0 aromatic heterocycles. The van der Waals surface area contributed by atoms with E-state index < -0.39 is 10.0 Å². The minimum Gasteiger partial charge on any atom is -0.308 e. The predicted molar refractivity (Wildman–Crippen MR) is 120 cm³/mol. The summed E-state index contributed by atoms with van der Waals surface area (Å²) >= 11 is 0. The molecule has 6 heteroatoms. The first-order chi connectivity index (χ1) is 14.3. The fourth-order valence-electron chi connectivity index (χ4n) is 3.74. The van der Waals surface area contributed by atoms with Crippen molar-refractivity contribution in [2.24, 2.45) is 0 Å². The summed E-state index contributed by atoms with van der Waals surface area (Å²) in [6.45, 7) is 4.42. The summed E-state index contributed by atoms with van der Waals surface area (Å²) in [7, 11) is -3.73. The SMILES string of the molecule is Cc1ccc(C)c(NS(=O)(=O)c2ccc3c(c2)CCCN3C(=O)c2ccccc2)c1. The van der Waals surface area contributed by atoms with Crippen molar-refractivity contribution in [3.63, 3.8) is 0 Å². The second-order valence-electron chi connectivity index (χ2n) is 7.64. The van der Waals surface area contributed by atoms with E-state index in [1.165, 1.54) is 0 Å². The molecule has 0 unspecified atom stereocenters. The Bertz CT molecular complexity index is 1200. The van der Waals surface area contributed by atoms with Gasteiger partial charge in [-0.15, -0.1) is 0 Å². The van der Waals surface area contributed by atoms with Crippen LogP contribution in [0.3, 0.4) is 0 Å². The van der Waals surface area contributed by atoms with Crippen molar-refractivity contribution in [3.8, 4) is 0 Å². The average Bonchev–Trinajstić information content (AvgIpc) is 2.75. The Morgan fingerprint density at radius 2 is 1.73 bits per heavy atom. The van der Waals surface area contributed by atoms with Crippen molar-refractivity contribution in [2.45, 2.75) is 31.6 Å². The van der Waals surface area contributed by atoms with Crippen LogP contribution >= 0.6 is 0 Å². The first-order valence-corrected chi connectivity index (χ1v) is 11.4. The molecular formula is C24H24N2O3S. The van der Waals surface area contributed by atoms with Crippen molar-refractivity contribution in [1.29, 1.82) is 0 Å². The zero-order valence-corrected chi connectivity index (χ0v) is 17.9. The predicted octanol–water partition coefficient (Wildman–Crippen LogP) is 4.70. The Labute approximate surface area is 177 Å². The van der Waals surface area contributed by atoms with Crippen LogP contribution in [0.15, 0.2) is 71.6 Å². The Morgan fingerprint density at radius 1 is 0.967 bits per heavy atom. The molecule has 3 aromatic carbocycles. The molecule has 4 rings (SSSR count). The van der Waals surface area contributed by atoms with Gasteiger partial charge in [0.2, 0.25) is 0 Å². The summed E-state index contributed by atoms with van der Waals surface area (Å²) in [5.41, 5.74) is 4.70. The van der Waals surface area contributed by atoms with Crippen LogP contribution in [0.25, 0.3) is 0 Å². The number of benzene rings is 3. The van der Waals surface area contributed by atoms with E-state index >= 15 is 0 Å². The molecular weight excluding hydrogens is 396 g/mol. The van der Waals surface area contributed by atoms with Gasteiger partial charge in [0.1, 0.15) is 0 Å². The highest BCUT2D eigenvalue weighted by Gasteiger charge is 2.25. The van der Waals surface area contributed by atoms with E-state index in [0.717, 1.165) is 35.2 Å². The molecule has 0 saturated carbocycles.